The van der Waals surface area contributed by atoms with Gasteiger partial charge in [-0.1, -0.05) is 6.92 Å². The first kappa shape index (κ1) is 15.4. The molecule has 0 heterocycles. The van der Waals surface area contributed by atoms with Crippen molar-refractivity contribution < 1.29 is 19.2 Å². The summed E-state index contributed by atoms with van der Waals surface area (Å²) in [6, 6.07) is 1.06. The second-order valence-electron chi connectivity index (χ2n) is 3.89. The topological polar surface area (TPSA) is 83.7 Å². The van der Waals surface area contributed by atoms with Gasteiger partial charge < -0.3 is 10.0 Å². The van der Waals surface area contributed by atoms with Crippen molar-refractivity contribution in [3.05, 3.63) is 32.5 Å². The lowest BCUT2D eigenvalue weighted by Gasteiger charge is -2.25. The van der Waals surface area contributed by atoms with Gasteiger partial charge in [-0.25, -0.2) is 9.18 Å². The Bertz CT molecular complexity index is 524. The molecule has 1 aromatic rings. The van der Waals surface area contributed by atoms with Crippen LogP contribution in [-0.2, 0) is 4.79 Å². The van der Waals surface area contributed by atoms with E-state index in [0.717, 1.165) is 6.07 Å². The summed E-state index contributed by atoms with van der Waals surface area (Å²) in [7, 11) is 1.43. The molecule has 104 valence electrons. The van der Waals surface area contributed by atoms with Gasteiger partial charge >= 0.3 is 5.97 Å². The van der Waals surface area contributed by atoms with Crippen LogP contribution in [0.4, 0.5) is 15.8 Å². The summed E-state index contributed by atoms with van der Waals surface area (Å²) in [6.45, 7) is 1.65. The van der Waals surface area contributed by atoms with Crippen LogP contribution in [0.15, 0.2) is 16.6 Å². The minimum Gasteiger partial charge on any atom is -0.480 e. The SMILES string of the molecule is CCC(C(=O)O)N(C)c1cc(Br)c(F)cc1[N+](=O)[O-]. The number of hydrogen-bond donors (Lipinski definition) is 1. The molecule has 0 radical (unpaired) electrons. The van der Waals surface area contributed by atoms with Crippen LogP contribution in [0, 0.1) is 15.9 Å². The molecule has 0 aliphatic heterocycles. The average molecular weight is 335 g/mol. The average Bonchev–Trinajstić information content (AvgIpc) is 2.31. The number of carboxylic acid groups (broad SMARTS) is 1. The van der Waals surface area contributed by atoms with Gasteiger partial charge in [0, 0.05) is 7.05 Å². The molecule has 0 saturated carbocycles. The molecule has 0 aromatic heterocycles. The number of nitrogens with zero attached hydrogens (tertiary/aromatic N) is 2. The van der Waals surface area contributed by atoms with Crippen molar-refractivity contribution in [1.82, 2.24) is 0 Å². The largest absolute Gasteiger partial charge is 0.480 e. The van der Waals surface area contributed by atoms with Crippen LogP contribution >= 0.6 is 15.9 Å². The van der Waals surface area contributed by atoms with Crippen LogP contribution in [-0.4, -0.2) is 29.1 Å². The number of nitro groups is 1. The molecular formula is C11H12BrFN2O4. The molecule has 8 heteroatoms. The monoisotopic (exact) mass is 334 g/mol. The normalized spacial score (nSPS) is 12.0. The lowest BCUT2D eigenvalue weighted by Crippen LogP contribution is -2.38. The third-order valence-electron chi connectivity index (χ3n) is 2.73. The number of anilines is 1. The molecule has 1 N–H and O–H groups in total. The van der Waals surface area contributed by atoms with E-state index >= 15 is 0 Å². The fourth-order valence-electron chi connectivity index (χ4n) is 1.74. The second kappa shape index (κ2) is 5.96. The van der Waals surface area contributed by atoms with Crippen molar-refractivity contribution >= 4 is 33.3 Å². The summed E-state index contributed by atoms with van der Waals surface area (Å²) in [5, 5.41) is 20.0. The van der Waals surface area contributed by atoms with Gasteiger partial charge in [-0.3, -0.25) is 10.1 Å². The standard InChI is InChI=1S/C11H12BrFN2O4/c1-3-8(11(16)17)14(2)9-4-6(12)7(13)5-10(9)15(18)19/h4-5,8H,3H2,1-2H3,(H,16,17). The van der Waals surface area contributed by atoms with Crippen molar-refractivity contribution in [3.63, 3.8) is 0 Å². The Kier molecular flexibility index (Phi) is 4.82. The Hall–Kier alpha value is -1.70. The zero-order chi connectivity index (χ0) is 14.7. The van der Waals surface area contributed by atoms with Gasteiger partial charge in [0.15, 0.2) is 0 Å². The molecule has 1 unspecified atom stereocenters. The Morgan fingerprint density at radius 3 is 2.63 bits per heavy atom. The number of carboxylic acids is 1. The molecule has 1 aromatic carbocycles. The number of likely N-dealkylation sites (N-methyl/N-ethyl adjacent to an activating group) is 1. The van der Waals surface area contributed by atoms with Crippen LogP contribution in [0.2, 0.25) is 0 Å². The summed E-state index contributed by atoms with van der Waals surface area (Å²) in [5.41, 5.74) is -0.421. The second-order valence-corrected chi connectivity index (χ2v) is 4.74. The highest BCUT2D eigenvalue weighted by Gasteiger charge is 2.27. The van der Waals surface area contributed by atoms with Gasteiger partial charge in [0.2, 0.25) is 0 Å². The zero-order valence-electron chi connectivity index (χ0n) is 10.3. The maximum atomic E-state index is 13.3. The smallest absolute Gasteiger partial charge is 0.326 e. The van der Waals surface area contributed by atoms with E-state index in [1.165, 1.54) is 18.0 Å². The lowest BCUT2D eigenvalue weighted by molar-refractivity contribution is -0.384. The Morgan fingerprint density at radius 1 is 1.63 bits per heavy atom. The van der Waals surface area contributed by atoms with Crippen molar-refractivity contribution in [2.45, 2.75) is 19.4 Å². The van der Waals surface area contributed by atoms with E-state index in [-0.39, 0.29) is 16.6 Å². The molecule has 0 bridgehead atoms. The molecule has 0 aliphatic carbocycles. The summed E-state index contributed by atoms with van der Waals surface area (Å²) in [4.78, 5) is 22.5. The number of nitro benzene ring substituents is 1. The molecule has 0 spiro atoms. The molecular weight excluding hydrogens is 323 g/mol. The minimum atomic E-state index is -1.10. The third-order valence-corrected chi connectivity index (χ3v) is 3.34. The van der Waals surface area contributed by atoms with E-state index in [2.05, 4.69) is 15.9 Å². The van der Waals surface area contributed by atoms with Crippen molar-refractivity contribution in [1.29, 1.82) is 0 Å². The Morgan fingerprint density at radius 2 is 2.21 bits per heavy atom. The van der Waals surface area contributed by atoms with Crippen LogP contribution in [0.3, 0.4) is 0 Å². The zero-order valence-corrected chi connectivity index (χ0v) is 11.8. The molecule has 0 aliphatic rings. The summed E-state index contributed by atoms with van der Waals surface area (Å²) < 4.78 is 13.4. The third kappa shape index (κ3) is 3.19. The van der Waals surface area contributed by atoms with Crippen LogP contribution in [0.25, 0.3) is 0 Å². The highest BCUT2D eigenvalue weighted by molar-refractivity contribution is 9.10. The van der Waals surface area contributed by atoms with Gasteiger partial charge in [0.25, 0.3) is 5.69 Å². The summed E-state index contributed by atoms with van der Waals surface area (Å²) >= 11 is 2.93. The first-order valence-electron chi connectivity index (χ1n) is 5.38. The van der Waals surface area contributed by atoms with Crippen molar-refractivity contribution in [2.75, 3.05) is 11.9 Å². The highest BCUT2D eigenvalue weighted by atomic mass is 79.9. The lowest BCUT2D eigenvalue weighted by atomic mass is 10.1. The molecule has 1 rings (SSSR count). The summed E-state index contributed by atoms with van der Waals surface area (Å²) in [5.74, 6) is -1.87. The summed E-state index contributed by atoms with van der Waals surface area (Å²) in [6.07, 6.45) is 0.262. The molecule has 1 atom stereocenters. The molecule has 0 fully saturated rings. The predicted molar refractivity (Wildman–Crippen MR) is 70.9 cm³/mol. The number of rotatable bonds is 5. The first-order chi connectivity index (χ1) is 8.79. The molecule has 0 saturated heterocycles. The van der Waals surface area contributed by atoms with Gasteiger partial charge in [0.1, 0.15) is 17.5 Å². The van der Waals surface area contributed by atoms with E-state index in [1.807, 2.05) is 0 Å². The van der Waals surface area contributed by atoms with E-state index in [0.29, 0.717) is 0 Å². The van der Waals surface area contributed by atoms with Crippen LogP contribution in [0.1, 0.15) is 13.3 Å². The van der Waals surface area contributed by atoms with E-state index < -0.39 is 28.4 Å². The first-order valence-corrected chi connectivity index (χ1v) is 6.18. The number of benzene rings is 1. The van der Waals surface area contributed by atoms with E-state index in [9.17, 15) is 19.3 Å². The van der Waals surface area contributed by atoms with Crippen molar-refractivity contribution in [3.8, 4) is 0 Å². The molecule has 6 nitrogen and oxygen atoms in total. The van der Waals surface area contributed by atoms with Gasteiger partial charge in [-0.2, -0.15) is 0 Å². The Balaban J connectivity index is 3.36. The number of halogens is 2. The van der Waals surface area contributed by atoms with Crippen LogP contribution in [0.5, 0.6) is 0 Å². The number of aliphatic carboxylic acids is 1. The van der Waals surface area contributed by atoms with Crippen molar-refractivity contribution in [2.24, 2.45) is 0 Å². The minimum absolute atomic E-state index is 0.0418. The molecule has 0 amide bonds. The fourth-order valence-corrected chi connectivity index (χ4v) is 2.07. The van der Waals surface area contributed by atoms with Gasteiger partial charge in [-0.15, -0.1) is 0 Å². The van der Waals surface area contributed by atoms with Crippen LogP contribution < -0.4 is 4.90 Å². The van der Waals surface area contributed by atoms with Gasteiger partial charge in [0.05, 0.1) is 15.5 Å². The number of carbonyl (C=O) groups is 1. The maximum absolute atomic E-state index is 13.3. The number of hydrogen-bond acceptors (Lipinski definition) is 4. The van der Waals surface area contributed by atoms with E-state index in [4.69, 9.17) is 5.11 Å². The van der Waals surface area contributed by atoms with E-state index in [1.54, 1.807) is 6.92 Å². The highest BCUT2D eigenvalue weighted by Crippen LogP contribution is 2.34. The van der Waals surface area contributed by atoms with Gasteiger partial charge in [-0.05, 0) is 28.4 Å². The maximum Gasteiger partial charge on any atom is 0.326 e. The quantitative estimate of drug-likeness (QED) is 0.661. The molecule has 19 heavy (non-hydrogen) atoms. The Labute approximate surface area is 117 Å². The fraction of sp³-hybridized carbons (Fsp3) is 0.364. The predicted octanol–water partition coefficient (Wildman–Crippen LogP) is 2.80.